The zero-order chi connectivity index (χ0) is 15.7. The van der Waals surface area contributed by atoms with Gasteiger partial charge in [-0.3, -0.25) is 14.6 Å². The fourth-order valence-corrected chi connectivity index (χ4v) is 1.68. The van der Waals surface area contributed by atoms with Crippen LogP contribution in [0.25, 0.3) is 0 Å². The molecule has 0 aliphatic heterocycles. The molecular formula is C16H18N2O3. The second-order valence-corrected chi connectivity index (χ2v) is 4.69. The SMILES string of the molecule is CC(=O)Cc1ccc[n+]([O-])c1.CC(=O)Cc1cccnc1. The van der Waals surface area contributed by atoms with Crippen LogP contribution in [0.1, 0.15) is 25.0 Å². The molecule has 0 saturated heterocycles. The van der Waals surface area contributed by atoms with Gasteiger partial charge in [-0.15, -0.1) is 0 Å². The van der Waals surface area contributed by atoms with Crippen molar-refractivity contribution in [1.29, 1.82) is 0 Å². The van der Waals surface area contributed by atoms with Crippen LogP contribution in [-0.4, -0.2) is 16.6 Å². The lowest BCUT2D eigenvalue weighted by atomic mass is 10.2. The van der Waals surface area contributed by atoms with Crippen molar-refractivity contribution in [2.75, 3.05) is 0 Å². The molecule has 0 aliphatic rings. The molecular weight excluding hydrogens is 268 g/mol. The van der Waals surface area contributed by atoms with E-state index in [4.69, 9.17) is 0 Å². The highest BCUT2D eigenvalue weighted by Gasteiger charge is 1.99. The highest BCUT2D eigenvalue weighted by atomic mass is 16.5. The Bertz CT molecular complexity index is 597. The molecule has 0 fully saturated rings. The van der Waals surface area contributed by atoms with E-state index >= 15 is 0 Å². The Morgan fingerprint density at radius 1 is 1.10 bits per heavy atom. The molecule has 5 heteroatoms. The molecule has 2 rings (SSSR count). The van der Waals surface area contributed by atoms with E-state index in [2.05, 4.69) is 4.98 Å². The number of pyridine rings is 2. The van der Waals surface area contributed by atoms with Crippen molar-refractivity contribution >= 4 is 11.6 Å². The largest absolute Gasteiger partial charge is 0.619 e. The minimum absolute atomic E-state index is 0.0659. The van der Waals surface area contributed by atoms with Crippen LogP contribution in [0.3, 0.4) is 0 Å². The number of ketones is 2. The zero-order valence-corrected chi connectivity index (χ0v) is 12.2. The van der Waals surface area contributed by atoms with Gasteiger partial charge in [-0.05, 0) is 31.5 Å². The first-order chi connectivity index (χ1) is 9.97. The van der Waals surface area contributed by atoms with Crippen molar-refractivity contribution < 1.29 is 14.3 Å². The van der Waals surface area contributed by atoms with Crippen LogP contribution in [0.5, 0.6) is 0 Å². The van der Waals surface area contributed by atoms with Crippen LogP contribution < -0.4 is 4.73 Å². The van der Waals surface area contributed by atoms with Crippen molar-refractivity contribution in [1.82, 2.24) is 4.98 Å². The number of hydrogen-bond acceptors (Lipinski definition) is 4. The van der Waals surface area contributed by atoms with E-state index in [1.807, 2.05) is 12.1 Å². The van der Waals surface area contributed by atoms with Gasteiger partial charge in [0.05, 0.1) is 0 Å². The summed E-state index contributed by atoms with van der Waals surface area (Å²) in [6, 6.07) is 7.12. The fraction of sp³-hybridized carbons (Fsp3) is 0.250. The van der Waals surface area contributed by atoms with Gasteiger partial charge in [-0.25, -0.2) is 0 Å². The van der Waals surface area contributed by atoms with E-state index < -0.39 is 0 Å². The van der Waals surface area contributed by atoms with Crippen molar-refractivity contribution in [3.05, 3.63) is 65.4 Å². The van der Waals surface area contributed by atoms with Crippen LogP contribution in [0.2, 0.25) is 0 Å². The summed E-state index contributed by atoms with van der Waals surface area (Å²) in [4.78, 5) is 25.1. The monoisotopic (exact) mass is 286 g/mol. The summed E-state index contributed by atoms with van der Waals surface area (Å²) in [5.74, 6) is 0.240. The van der Waals surface area contributed by atoms with Crippen molar-refractivity contribution in [2.45, 2.75) is 26.7 Å². The van der Waals surface area contributed by atoms with Gasteiger partial charge in [0.25, 0.3) is 0 Å². The van der Waals surface area contributed by atoms with Crippen LogP contribution in [-0.2, 0) is 22.4 Å². The Hall–Kier alpha value is -2.56. The lowest BCUT2D eigenvalue weighted by Crippen LogP contribution is -2.25. The van der Waals surface area contributed by atoms with E-state index in [1.54, 1.807) is 31.5 Å². The molecule has 0 amide bonds. The molecule has 0 aromatic carbocycles. The molecule has 0 saturated carbocycles. The minimum Gasteiger partial charge on any atom is -0.619 e. The van der Waals surface area contributed by atoms with Gasteiger partial charge in [0.1, 0.15) is 11.6 Å². The number of nitrogens with zero attached hydrogens (tertiary/aromatic N) is 2. The Morgan fingerprint density at radius 3 is 2.24 bits per heavy atom. The van der Waals surface area contributed by atoms with E-state index in [1.165, 1.54) is 19.3 Å². The number of rotatable bonds is 4. The third-order valence-corrected chi connectivity index (χ3v) is 2.47. The lowest BCUT2D eigenvalue weighted by Gasteiger charge is -1.97. The molecule has 0 spiro atoms. The summed E-state index contributed by atoms with van der Waals surface area (Å²) >= 11 is 0. The van der Waals surface area contributed by atoms with Gasteiger partial charge in [0.15, 0.2) is 12.4 Å². The second kappa shape index (κ2) is 8.58. The molecule has 110 valence electrons. The Kier molecular flexibility index (Phi) is 6.74. The highest BCUT2D eigenvalue weighted by molar-refractivity contribution is 5.78. The van der Waals surface area contributed by atoms with Gasteiger partial charge in [-0.2, -0.15) is 4.73 Å². The molecule has 21 heavy (non-hydrogen) atoms. The summed E-state index contributed by atoms with van der Waals surface area (Å²) in [6.45, 7) is 3.08. The highest BCUT2D eigenvalue weighted by Crippen LogP contribution is 1.96. The first-order valence-corrected chi connectivity index (χ1v) is 6.53. The van der Waals surface area contributed by atoms with Crippen molar-refractivity contribution in [2.24, 2.45) is 0 Å². The topological polar surface area (TPSA) is 74.0 Å². The Morgan fingerprint density at radius 2 is 1.71 bits per heavy atom. The molecule has 0 N–H and O–H groups in total. The van der Waals surface area contributed by atoms with Gasteiger partial charge >= 0.3 is 0 Å². The molecule has 0 aliphatic carbocycles. The van der Waals surface area contributed by atoms with Crippen LogP contribution >= 0.6 is 0 Å². The van der Waals surface area contributed by atoms with Crippen LogP contribution in [0.4, 0.5) is 0 Å². The number of aromatic nitrogens is 2. The molecule has 0 unspecified atom stereocenters. The van der Waals surface area contributed by atoms with Gasteiger partial charge < -0.3 is 5.21 Å². The minimum atomic E-state index is 0.0659. The van der Waals surface area contributed by atoms with Crippen LogP contribution in [0, 0.1) is 5.21 Å². The molecule has 2 aromatic heterocycles. The maximum absolute atomic E-state index is 10.7. The van der Waals surface area contributed by atoms with E-state index in [-0.39, 0.29) is 11.6 Å². The molecule has 2 aromatic rings. The van der Waals surface area contributed by atoms with E-state index in [0.717, 1.165) is 11.1 Å². The number of carbonyl (C=O) groups is 2. The maximum atomic E-state index is 10.7. The quantitative estimate of drug-likeness (QED) is 0.633. The molecule has 2 heterocycles. The Labute approximate surface area is 123 Å². The Balaban J connectivity index is 0.000000211. The van der Waals surface area contributed by atoms with Gasteiger partial charge in [-0.1, -0.05) is 6.07 Å². The second-order valence-electron chi connectivity index (χ2n) is 4.69. The molecule has 5 nitrogen and oxygen atoms in total. The average molecular weight is 286 g/mol. The van der Waals surface area contributed by atoms with E-state index in [9.17, 15) is 14.8 Å². The van der Waals surface area contributed by atoms with E-state index in [0.29, 0.717) is 17.6 Å². The third kappa shape index (κ3) is 7.57. The smallest absolute Gasteiger partial charge is 0.183 e. The summed E-state index contributed by atoms with van der Waals surface area (Å²) in [5, 5.41) is 10.7. The summed E-state index contributed by atoms with van der Waals surface area (Å²) < 4.78 is 0.693. The summed E-state index contributed by atoms with van der Waals surface area (Å²) in [6.07, 6.45) is 7.03. The molecule has 0 radical (unpaired) electrons. The summed E-state index contributed by atoms with van der Waals surface area (Å²) in [7, 11) is 0. The number of carbonyl (C=O) groups excluding carboxylic acids is 2. The third-order valence-electron chi connectivity index (χ3n) is 2.47. The van der Waals surface area contributed by atoms with Gasteiger partial charge in [0.2, 0.25) is 0 Å². The van der Waals surface area contributed by atoms with Crippen molar-refractivity contribution in [3.63, 3.8) is 0 Å². The van der Waals surface area contributed by atoms with Gasteiger partial charge in [0, 0.05) is 36.9 Å². The predicted molar refractivity (Wildman–Crippen MR) is 78.4 cm³/mol. The maximum Gasteiger partial charge on any atom is 0.183 e. The fourth-order valence-electron chi connectivity index (χ4n) is 1.68. The normalized spacial score (nSPS) is 9.43. The van der Waals surface area contributed by atoms with Crippen molar-refractivity contribution in [3.8, 4) is 0 Å². The predicted octanol–water partition coefficient (Wildman–Crippen LogP) is 1.66. The molecule has 0 atom stereocenters. The zero-order valence-electron chi connectivity index (χ0n) is 12.2. The number of hydrogen-bond donors (Lipinski definition) is 0. The lowest BCUT2D eigenvalue weighted by molar-refractivity contribution is -0.605. The first kappa shape index (κ1) is 16.5. The van der Waals surface area contributed by atoms with Crippen LogP contribution in [0.15, 0.2) is 49.1 Å². The standard InChI is InChI=1S/C8H9NO2.C8H9NO/c1-7(10)5-8-3-2-4-9(11)6-8;1-7(10)5-8-3-2-4-9-6-8/h2-4,6H,5H2,1H3;2-4,6H,5H2,1H3. The first-order valence-electron chi connectivity index (χ1n) is 6.53. The molecule has 0 bridgehead atoms. The summed E-state index contributed by atoms with van der Waals surface area (Å²) in [5.41, 5.74) is 1.74. The average Bonchev–Trinajstić information content (AvgIpc) is 2.39. The number of Topliss-reactive ketones (excluding diaryl/α,β-unsaturated/α-hetero) is 2.